The first-order valence-electron chi connectivity index (χ1n) is 7.67. The van der Waals surface area contributed by atoms with Crippen LogP contribution in [0.3, 0.4) is 0 Å². The predicted molar refractivity (Wildman–Crippen MR) is 92.4 cm³/mol. The molecule has 0 aliphatic heterocycles. The van der Waals surface area contributed by atoms with E-state index < -0.39 is 0 Å². The lowest BCUT2D eigenvalue weighted by atomic mass is 10.1. The molecule has 0 amide bonds. The summed E-state index contributed by atoms with van der Waals surface area (Å²) in [6, 6.07) is 17.9. The highest BCUT2D eigenvalue weighted by Gasteiger charge is 2.06. The molecular weight excluding hydrogens is 272 g/mol. The molecule has 0 bridgehead atoms. The van der Waals surface area contributed by atoms with Gasteiger partial charge >= 0.3 is 0 Å². The fourth-order valence-corrected chi connectivity index (χ4v) is 2.72. The third kappa shape index (κ3) is 2.62. The zero-order chi connectivity index (χ0) is 15.5. The highest BCUT2D eigenvalue weighted by atomic mass is 16.3. The number of phenolic OH excluding ortho intramolecular Hbond substituents is 1. The molecule has 0 radical (unpaired) electrons. The summed E-state index contributed by atoms with van der Waals surface area (Å²) in [4.78, 5) is 6.91. The van der Waals surface area contributed by atoms with Gasteiger partial charge in [-0.3, -0.25) is 0 Å². The minimum atomic E-state index is 0.221. The molecule has 1 N–H and O–H groups in total. The van der Waals surface area contributed by atoms with Crippen molar-refractivity contribution in [2.24, 2.45) is 0 Å². The summed E-state index contributed by atoms with van der Waals surface area (Å²) in [5, 5.41) is 10.9. The molecule has 2 aromatic carbocycles. The van der Waals surface area contributed by atoms with Crippen LogP contribution in [-0.2, 0) is 0 Å². The largest absolute Gasteiger partial charge is 0.506 e. The monoisotopic (exact) mass is 292 g/mol. The maximum absolute atomic E-state index is 9.95. The number of aromatic hydroxyl groups is 1. The van der Waals surface area contributed by atoms with E-state index in [1.165, 1.54) is 5.69 Å². The molecule has 0 unspecified atom stereocenters. The van der Waals surface area contributed by atoms with Gasteiger partial charge in [-0.1, -0.05) is 30.3 Å². The number of fused-ring (bicyclic) bond motifs is 1. The molecule has 3 aromatic rings. The average molecular weight is 292 g/mol. The molecule has 1 heterocycles. The zero-order valence-corrected chi connectivity index (χ0v) is 13.0. The summed E-state index contributed by atoms with van der Waals surface area (Å²) < 4.78 is 0. The summed E-state index contributed by atoms with van der Waals surface area (Å²) in [5.41, 5.74) is 3.80. The predicted octanol–water partition coefficient (Wildman–Crippen LogP) is 4.45. The minimum Gasteiger partial charge on any atom is -0.506 e. The van der Waals surface area contributed by atoms with Crippen molar-refractivity contribution >= 4 is 16.6 Å². The number of pyridine rings is 1. The number of para-hydroxylation sites is 1. The Morgan fingerprint density at radius 3 is 2.32 bits per heavy atom. The van der Waals surface area contributed by atoms with E-state index in [0.717, 1.165) is 29.7 Å². The Kier molecular flexibility index (Phi) is 3.96. The van der Waals surface area contributed by atoms with Gasteiger partial charge < -0.3 is 10.0 Å². The van der Waals surface area contributed by atoms with E-state index in [4.69, 9.17) is 0 Å². The van der Waals surface area contributed by atoms with Gasteiger partial charge in [0.25, 0.3) is 0 Å². The van der Waals surface area contributed by atoms with Gasteiger partial charge in [-0.05, 0) is 38.1 Å². The van der Waals surface area contributed by atoms with Crippen LogP contribution in [0.5, 0.6) is 5.75 Å². The lowest BCUT2D eigenvalue weighted by Gasteiger charge is -2.21. The summed E-state index contributed by atoms with van der Waals surface area (Å²) >= 11 is 0. The van der Waals surface area contributed by atoms with Crippen molar-refractivity contribution in [2.75, 3.05) is 18.0 Å². The van der Waals surface area contributed by atoms with E-state index in [2.05, 4.69) is 48.0 Å². The molecule has 3 heteroatoms. The Bertz CT molecular complexity index is 777. The molecular formula is C19H20N2O. The van der Waals surface area contributed by atoms with E-state index in [0.29, 0.717) is 5.52 Å². The second-order valence-electron chi connectivity index (χ2n) is 5.26. The van der Waals surface area contributed by atoms with Crippen molar-refractivity contribution in [3.05, 3.63) is 54.6 Å². The van der Waals surface area contributed by atoms with Crippen LogP contribution in [0.2, 0.25) is 0 Å². The molecule has 1 aromatic heterocycles. The van der Waals surface area contributed by atoms with Gasteiger partial charge in [0.15, 0.2) is 0 Å². The number of rotatable bonds is 4. The molecule has 0 atom stereocenters. The molecule has 3 rings (SSSR count). The molecule has 0 saturated heterocycles. The molecule has 0 saturated carbocycles. The van der Waals surface area contributed by atoms with Crippen molar-refractivity contribution in [1.82, 2.24) is 4.98 Å². The molecule has 0 aliphatic carbocycles. The fraction of sp³-hybridized carbons (Fsp3) is 0.211. The molecule has 3 nitrogen and oxygen atoms in total. The highest BCUT2D eigenvalue weighted by Crippen LogP contribution is 2.27. The van der Waals surface area contributed by atoms with Crippen molar-refractivity contribution in [3.8, 4) is 17.0 Å². The maximum Gasteiger partial charge on any atom is 0.141 e. The Morgan fingerprint density at radius 1 is 0.909 bits per heavy atom. The SMILES string of the molecule is CCN(CC)c1ccc(-c2ccc3cccc(O)c3n2)cc1. The number of hydrogen-bond acceptors (Lipinski definition) is 3. The van der Waals surface area contributed by atoms with E-state index in [-0.39, 0.29) is 5.75 Å². The lowest BCUT2D eigenvalue weighted by Crippen LogP contribution is -2.21. The highest BCUT2D eigenvalue weighted by molar-refractivity contribution is 5.86. The van der Waals surface area contributed by atoms with Crippen LogP contribution in [0, 0.1) is 0 Å². The van der Waals surface area contributed by atoms with Crippen LogP contribution in [0.15, 0.2) is 54.6 Å². The summed E-state index contributed by atoms with van der Waals surface area (Å²) in [7, 11) is 0. The maximum atomic E-state index is 9.95. The Labute approximate surface area is 130 Å². The van der Waals surface area contributed by atoms with Gasteiger partial charge in [0.1, 0.15) is 11.3 Å². The van der Waals surface area contributed by atoms with Crippen LogP contribution in [-0.4, -0.2) is 23.2 Å². The lowest BCUT2D eigenvalue weighted by molar-refractivity contribution is 0.480. The number of hydrogen-bond donors (Lipinski definition) is 1. The molecule has 112 valence electrons. The van der Waals surface area contributed by atoms with Gasteiger partial charge in [0.2, 0.25) is 0 Å². The molecule has 0 spiro atoms. The standard InChI is InChI=1S/C19H20N2O/c1-3-21(4-2)16-11-8-14(9-12-16)17-13-10-15-6-5-7-18(22)19(15)20-17/h5-13,22H,3-4H2,1-2H3. The van der Waals surface area contributed by atoms with Crippen molar-refractivity contribution in [1.29, 1.82) is 0 Å². The van der Waals surface area contributed by atoms with Crippen LogP contribution in [0.25, 0.3) is 22.2 Å². The average Bonchev–Trinajstić information content (AvgIpc) is 2.57. The second-order valence-corrected chi connectivity index (χ2v) is 5.26. The van der Waals surface area contributed by atoms with Crippen LogP contribution in [0.4, 0.5) is 5.69 Å². The van der Waals surface area contributed by atoms with Crippen molar-refractivity contribution < 1.29 is 5.11 Å². The molecule has 0 fully saturated rings. The van der Waals surface area contributed by atoms with Gasteiger partial charge in [0, 0.05) is 29.7 Å². The Hall–Kier alpha value is -2.55. The fourth-order valence-electron chi connectivity index (χ4n) is 2.72. The number of nitrogens with zero attached hydrogens (tertiary/aromatic N) is 2. The van der Waals surface area contributed by atoms with Crippen LogP contribution < -0.4 is 4.90 Å². The zero-order valence-electron chi connectivity index (χ0n) is 13.0. The quantitative estimate of drug-likeness (QED) is 0.771. The van der Waals surface area contributed by atoms with Gasteiger partial charge in [0.05, 0.1) is 5.69 Å². The normalized spacial score (nSPS) is 10.8. The van der Waals surface area contributed by atoms with E-state index >= 15 is 0 Å². The third-order valence-corrected chi connectivity index (χ3v) is 3.99. The van der Waals surface area contributed by atoms with Gasteiger partial charge in [-0.15, -0.1) is 0 Å². The minimum absolute atomic E-state index is 0.221. The topological polar surface area (TPSA) is 36.4 Å². The molecule has 0 aliphatic rings. The Morgan fingerprint density at radius 2 is 1.64 bits per heavy atom. The first-order chi connectivity index (χ1) is 10.7. The summed E-state index contributed by atoms with van der Waals surface area (Å²) in [6.45, 7) is 6.31. The second kappa shape index (κ2) is 6.06. The van der Waals surface area contributed by atoms with Gasteiger partial charge in [-0.2, -0.15) is 0 Å². The first kappa shape index (κ1) is 14.4. The number of phenols is 1. The smallest absolute Gasteiger partial charge is 0.141 e. The number of anilines is 1. The van der Waals surface area contributed by atoms with Crippen molar-refractivity contribution in [3.63, 3.8) is 0 Å². The van der Waals surface area contributed by atoms with E-state index in [9.17, 15) is 5.11 Å². The van der Waals surface area contributed by atoms with E-state index in [1.54, 1.807) is 6.07 Å². The first-order valence-corrected chi connectivity index (χ1v) is 7.67. The van der Waals surface area contributed by atoms with Gasteiger partial charge in [-0.25, -0.2) is 4.98 Å². The van der Waals surface area contributed by atoms with Crippen LogP contribution in [0.1, 0.15) is 13.8 Å². The number of benzene rings is 2. The molecule has 22 heavy (non-hydrogen) atoms. The number of aromatic nitrogens is 1. The van der Waals surface area contributed by atoms with E-state index in [1.807, 2.05) is 24.3 Å². The summed E-state index contributed by atoms with van der Waals surface area (Å²) in [5.74, 6) is 0.221. The van der Waals surface area contributed by atoms with Crippen molar-refractivity contribution in [2.45, 2.75) is 13.8 Å². The Balaban J connectivity index is 1.99. The van der Waals surface area contributed by atoms with Crippen LogP contribution >= 0.6 is 0 Å². The third-order valence-electron chi connectivity index (χ3n) is 3.99. The summed E-state index contributed by atoms with van der Waals surface area (Å²) in [6.07, 6.45) is 0.